The first-order chi connectivity index (χ1) is 9.67. The van der Waals surface area contributed by atoms with Gasteiger partial charge in [-0.3, -0.25) is 9.11 Å². The van der Waals surface area contributed by atoms with Crippen LogP contribution in [0.1, 0.15) is 44.6 Å². The molecular formula is C13H20O6S2. The summed E-state index contributed by atoms with van der Waals surface area (Å²) in [7, 11) is -10.1. The predicted octanol–water partition coefficient (Wildman–Crippen LogP) is 2.59. The molecule has 1 rings (SSSR count). The quantitative estimate of drug-likeness (QED) is 0.558. The number of unbranched alkanes of at least 4 members (excludes halogenated alkanes) is 3. The van der Waals surface area contributed by atoms with Crippen molar-refractivity contribution >= 4 is 20.2 Å². The van der Waals surface area contributed by atoms with Crippen LogP contribution < -0.4 is 0 Å². The van der Waals surface area contributed by atoms with Gasteiger partial charge in [-0.25, -0.2) is 0 Å². The fraction of sp³-hybridized carbons (Fsp3) is 0.538. The minimum absolute atomic E-state index is 0.161. The molecule has 21 heavy (non-hydrogen) atoms. The summed E-state index contributed by atoms with van der Waals surface area (Å²) in [5.74, 6) is 0. The highest BCUT2D eigenvalue weighted by atomic mass is 32.3. The van der Waals surface area contributed by atoms with E-state index in [0.29, 0.717) is 6.42 Å². The zero-order chi connectivity index (χ0) is 16.1. The van der Waals surface area contributed by atoms with Crippen molar-refractivity contribution in [3.63, 3.8) is 0 Å². The number of benzene rings is 1. The molecule has 0 spiro atoms. The molecule has 0 saturated heterocycles. The van der Waals surface area contributed by atoms with Crippen LogP contribution in [0.3, 0.4) is 0 Å². The van der Waals surface area contributed by atoms with Gasteiger partial charge in [0, 0.05) is 0 Å². The zero-order valence-corrected chi connectivity index (χ0v) is 13.4. The fourth-order valence-electron chi connectivity index (χ4n) is 2.31. The molecule has 2 N–H and O–H groups in total. The Balaban J connectivity index is 3.39. The molecule has 0 aromatic heterocycles. The van der Waals surface area contributed by atoms with Crippen LogP contribution in [0.2, 0.25) is 0 Å². The Morgan fingerprint density at radius 1 is 0.905 bits per heavy atom. The molecule has 1 aromatic carbocycles. The third kappa shape index (κ3) is 3.82. The van der Waals surface area contributed by atoms with Gasteiger partial charge >= 0.3 is 0 Å². The molecule has 0 fully saturated rings. The summed E-state index contributed by atoms with van der Waals surface area (Å²) >= 11 is 0. The fourth-order valence-corrected chi connectivity index (χ4v) is 5.05. The second-order valence-corrected chi connectivity index (χ2v) is 8.43. The molecule has 0 amide bonds. The molecule has 0 heterocycles. The van der Waals surface area contributed by atoms with Crippen molar-refractivity contribution in [3.05, 3.63) is 35.9 Å². The van der Waals surface area contributed by atoms with Crippen LogP contribution in [0.4, 0.5) is 0 Å². The summed E-state index contributed by atoms with van der Waals surface area (Å²) in [6.07, 6.45) is 2.16. The van der Waals surface area contributed by atoms with Crippen molar-refractivity contribution in [2.75, 3.05) is 0 Å². The smallest absolute Gasteiger partial charge is 0.284 e. The average molecular weight is 336 g/mol. The molecule has 0 saturated carbocycles. The summed E-state index contributed by atoms with van der Waals surface area (Å²) in [5, 5.41) is 0. The van der Waals surface area contributed by atoms with Gasteiger partial charge in [-0.05, 0) is 12.0 Å². The van der Waals surface area contributed by atoms with Gasteiger partial charge in [-0.2, -0.15) is 16.8 Å². The third-order valence-corrected chi connectivity index (χ3v) is 7.22. The second-order valence-electron chi connectivity index (χ2n) is 4.88. The van der Waals surface area contributed by atoms with Crippen LogP contribution in [0.5, 0.6) is 0 Å². The van der Waals surface area contributed by atoms with E-state index < -0.39 is 30.7 Å². The number of hydrogen-bond acceptors (Lipinski definition) is 4. The molecule has 1 aromatic rings. The van der Waals surface area contributed by atoms with Crippen molar-refractivity contribution in [1.82, 2.24) is 0 Å². The lowest BCUT2D eigenvalue weighted by Crippen LogP contribution is -2.43. The normalized spacial score (nSPS) is 13.3. The molecule has 0 unspecified atom stereocenters. The van der Waals surface area contributed by atoms with Gasteiger partial charge in [0.1, 0.15) is 0 Å². The first-order valence-electron chi connectivity index (χ1n) is 6.66. The van der Waals surface area contributed by atoms with Gasteiger partial charge in [-0.15, -0.1) is 0 Å². The van der Waals surface area contributed by atoms with Gasteiger partial charge in [0.2, 0.25) is 4.08 Å². The Morgan fingerprint density at radius 3 is 1.86 bits per heavy atom. The van der Waals surface area contributed by atoms with Crippen molar-refractivity contribution < 1.29 is 25.9 Å². The Kier molecular flexibility index (Phi) is 5.92. The molecule has 0 bridgehead atoms. The van der Waals surface area contributed by atoms with E-state index in [1.165, 1.54) is 24.3 Å². The van der Waals surface area contributed by atoms with Crippen LogP contribution in [-0.4, -0.2) is 25.9 Å². The molecule has 120 valence electrons. The minimum Gasteiger partial charge on any atom is -0.284 e. The van der Waals surface area contributed by atoms with Gasteiger partial charge in [0.05, 0.1) is 0 Å². The van der Waals surface area contributed by atoms with Crippen LogP contribution in [0.15, 0.2) is 30.3 Å². The van der Waals surface area contributed by atoms with Crippen molar-refractivity contribution in [2.24, 2.45) is 0 Å². The van der Waals surface area contributed by atoms with Crippen LogP contribution >= 0.6 is 0 Å². The van der Waals surface area contributed by atoms with Crippen LogP contribution in [0.25, 0.3) is 0 Å². The lowest BCUT2D eigenvalue weighted by molar-refractivity contribution is 0.409. The van der Waals surface area contributed by atoms with Crippen molar-refractivity contribution in [3.8, 4) is 0 Å². The second kappa shape index (κ2) is 6.87. The topological polar surface area (TPSA) is 109 Å². The SMILES string of the molecule is CCCCCCC(c1ccccc1)(S(=O)(=O)O)S(=O)(=O)O. The molecule has 0 aliphatic heterocycles. The molecule has 0 radical (unpaired) electrons. The van der Waals surface area contributed by atoms with Crippen LogP contribution in [-0.2, 0) is 24.3 Å². The van der Waals surface area contributed by atoms with Crippen molar-refractivity contribution in [1.29, 1.82) is 0 Å². The molecule has 0 aliphatic rings. The van der Waals surface area contributed by atoms with E-state index in [9.17, 15) is 25.9 Å². The summed E-state index contributed by atoms with van der Waals surface area (Å²) in [4.78, 5) is 0. The van der Waals surface area contributed by atoms with E-state index in [-0.39, 0.29) is 12.0 Å². The summed E-state index contributed by atoms with van der Waals surface area (Å²) in [6, 6.07) is 7.01. The maximum absolute atomic E-state index is 11.8. The maximum Gasteiger partial charge on any atom is 0.292 e. The van der Waals surface area contributed by atoms with Gasteiger partial charge < -0.3 is 0 Å². The van der Waals surface area contributed by atoms with Gasteiger partial charge in [0.25, 0.3) is 20.2 Å². The molecule has 0 aliphatic carbocycles. The first-order valence-corrected chi connectivity index (χ1v) is 9.54. The molecular weight excluding hydrogens is 316 g/mol. The molecule has 8 heteroatoms. The van der Waals surface area contributed by atoms with Crippen LogP contribution in [0, 0.1) is 0 Å². The highest BCUT2D eigenvalue weighted by Crippen LogP contribution is 2.40. The highest BCUT2D eigenvalue weighted by Gasteiger charge is 2.55. The van der Waals surface area contributed by atoms with E-state index in [0.717, 1.165) is 12.8 Å². The molecule has 6 nitrogen and oxygen atoms in total. The Hall–Kier alpha value is -0.960. The number of rotatable bonds is 8. The first kappa shape index (κ1) is 18.1. The monoisotopic (exact) mass is 336 g/mol. The molecule has 0 atom stereocenters. The lowest BCUT2D eigenvalue weighted by Gasteiger charge is -2.27. The largest absolute Gasteiger partial charge is 0.292 e. The lowest BCUT2D eigenvalue weighted by atomic mass is 10.0. The maximum atomic E-state index is 11.8. The number of hydrogen-bond donors (Lipinski definition) is 2. The zero-order valence-electron chi connectivity index (χ0n) is 11.8. The van der Waals surface area contributed by atoms with E-state index >= 15 is 0 Å². The predicted molar refractivity (Wildman–Crippen MR) is 80.0 cm³/mol. The Labute approximate surface area is 125 Å². The Bertz CT molecular complexity index is 617. The van der Waals surface area contributed by atoms with Gasteiger partial charge in [0.15, 0.2) is 0 Å². The highest BCUT2D eigenvalue weighted by molar-refractivity contribution is 8.04. The van der Waals surface area contributed by atoms with Crippen molar-refractivity contribution in [2.45, 2.75) is 43.1 Å². The van der Waals surface area contributed by atoms with E-state index in [1.807, 2.05) is 6.92 Å². The summed E-state index contributed by atoms with van der Waals surface area (Å²) in [5.41, 5.74) is -0.161. The summed E-state index contributed by atoms with van der Waals surface area (Å²) < 4.78 is 63.4. The van der Waals surface area contributed by atoms with E-state index in [4.69, 9.17) is 0 Å². The van der Waals surface area contributed by atoms with Gasteiger partial charge in [-0.1, -0.05) is 62.9 Å². The third-order valence-electron chi connectivity index (χ3n) is 3.41. The summed E-state index contributed by atoms with van der Waals surface area (Å²) in [6.45, 7) is 1.95. The Morgan fingerprint density at radius 2 is 1.43 bits per heavy atom. The standard InChI is InChI=1S/C13H20O6S2/c1-2-3-4-8-11-13(20(14,15)16,21(17,18)19)12-9-6-5-7-10-12/h5-7,9-10H,2-4,8,11H2,1H3,(H,14,15,16)(H,17,18,19). The van der Waals surface area contributed by atoms with E-state index in [2.05, 4.69) is 0 Å². The minimum atomic E-state index is -5.06. The van der Waals surface area contributed by atoms with E-state index in [1.54, 1.807) is 6.07 Å². The average Bonchev–Trinajstić information content (AvgIpc) is 2.37.